The third-order valence-electron chi connectivity index (χ3n) is 7.49. The summed E-state index contributed by atoms with van der Waals surface area (Å²) in [5.41, 5.74) is -0.366. The van der Waals surface area contributed by atoms with E-state index in [9.17, 15) is 51.9 Å². The largest absolute Gasteiger partial charge is 1.00 e. The van der Waals surface area contributed by atoms with Crippen LogP contribution in [0, 0.1) is 0 Å². The van der Waals surface area contributed by atoms with E-state index in [0.29, 0.717) is 0 Å². The van der Waals surface area contributed by atoms with Crippen molar-refractivity contribution < 1.29 is 170 Å². The van der Waals surface area contributed by atoms with Gasteiger partial charge in [-0.2, -0.15) is 29.9 Å². The summed E-state index contributed by atoms with van der Waals surface area (Å²) in [6.07, 6.45) is 2.14. The molecule has 312 valence electrons. The van der Waals surface area contributed by atoms with Gasteiger partial charge in [0, 0.05) is 22.7 Å². The molecular weight excluding hydrogens is 1010 g/mol. The van der Waals surface area contributed by atoms with Crippen LogP contribution in [0.1, 0.15) is 11.1 Å². The van der Waals surface area contributed by atoms with Crippen LogP contribution >= 0.6 is 23.2 Å². The van der Waals surface area contributed by atoms with Crippen molar-refractivity contribution in [1.82, 2.24) is 29.9 Å². The van der Waals surface area contributed by atoms with Gasteiger partial charge in [0.05, 0.1) is 19.6 Å². The first-order chi connectivity index (χ1) is 28.0. The average molecular weight is 1030 g/mol. The Hall–Kier alpha value is -1.94. The maximum Gasteiger partial charge on any atom is 1.00 e. The number of nitrogens with zero attached hydrogens (tertiary/aromatic N) is 6. The van der Waals surface area contributed by atoms with Gasteiger partial charge in [0.1, 0.15) is 40.5 Å². The van der Waals surface area contributed by atoms with Crippen LogP contribution in [-0.2, 0) is 40.5 Å². The van der Waals surface area contributed by atoms with E-state index >= 15 is 0 Å². The molecule has 0 saturated carbocycles. The maximum absolute atomic E-state index is 12.4. The van der Waals surface area contributed by atoms with E-state index < -0.39 is 60.1 Å². The monoisotopic (exact) mass is 1030 g/mol. The number of halogens is 2. The zero-order chi connectivity index (χ0) is 43.6. The standard InChI is InChI=1S/C32H24Cl2N10O12S4.4Na/c33-27-39-29(35-19-3-1-5-23(13-19)57(45,46)47)43-31(41-27)37-21-11-9-17(25(15-21)59(51,52)53)7-8-18-10-12-22(16-26(18)60(54,55)56)38-32-42-28(34)40-30(44-32)36-20-4-2-6-24(14-20)58(48,49)50;;;;/h1-16H,(H,45,46,47)(H,48,49,50)(H,51,52,53)(H,54,55,56)(H2,35,37,39,41,43)(H2,36,38,40,42,44);;;;/q;4*+1/p-4/b8-7+;;;;. The molecule has 0 fully saturated rings. The summed E-state index contributed by atoms with van der Waals surface area (Å²) >= 11 is 12.0. The molecule has 0 aliphatic carbocycles. The molecule has 4 N–H and O–H groups in total. The molecule has 0 spiro atoms. The molecule has 0 saturated heterocycles. The number of benzene rings is 4. The van der Waals surface area contributed by atoms with Gasteiger partial charge in [-0.1, -0.05) is 36.4 Å². The first-order valence-corrected chi connectivity index (χ1v) is 22.3. The van der Waals surface area contributed by atoms with E-state index in [1.54, 1.807) is 0 Å². The molecule has 2 aromatic heterocycles. The van der Waals surface area contributed by atoms with Crippen LogP contribution in [0.15, 0.2) is 105 Å². The Bertz CT molecular complexity index is 2970. The first-order valence-electron chi connectivity index (χ1n) is 15.9. The normalized spacial score (nSPS) is 11.5. The summed E-state index contributed by atoms with van der Waals surface area (Å²) in [6, 6.07) is 16.4. The SMILES string of the molecule is O=S(=O)([O-])c1cccc(Nc2nc(Cl)nc(Nc3ccc(/C=C/c4ccc(Nc5nc(Cl)nc(Nc6cccc(S(=O)(=O)[O-])c6)n5)cc4S(=O)(=O)[O-])c(S(=O)(=O)[O-])c3)n2)c1.[Na+].[Na+].[Na+].[Na+]. The number of rotatable bonds is 14. The van der Waals surface area contributed by atoms with Gasteiger partial charge in [-0.05, 0) is 95.0 Å². The molecule has 64 heavy (non-hydrogen) atoms. The quantitative estimate of drug-likeness (QED) is 0.0447. The molecule has 0 aliphatic rings. The number of aromatic nitrogens is 6. The van der Waals surface area contributed by atoms with Crippen molar-refractivity contribution >= 4 is 122 Å². The van der Waals surface area contributed by atoms with Gasteiger partial charge in [0.15, 0.2) is 0 Å². The van der Waals surface area contributed by atoms with Crippen molar-refractivity contribution in [3.8, 4) is 0 Å². The van der Waals surface area contributed by atoms with Gasteiger partial charge in [0.2, 0.25) is 34.4 Å². The van der Waals surface area contributed by atoms with E-state index in [0.717, 1.165) is 48.6 Å². The molecule has 6 rings (SSSR count). The fourth-order valence-corrected chi connectivity index (χ4v) is 7.76. The minimum Gasteiger partial charge on any atom is -0.744 e. The molecule has 6 aromatic rings. The Kier molecular flexibility index (Phi) is 21.7. The minimum absolute atomic E-state index is 0. The van der Waals surface area contributed by atoms with E-state index in [4.69, 9.17) is 23.2 Å². The molecule has 4 aromatic carbocycles. The second-order valence-electron chi connectivity index (χ2n) is 11.7. The van der Waals surface area contributed by atoms with Crippen LogP contribution in [-0.4, -0.2) is 81.8 Å². The Labute approximate surface area is 463 Å². The predicted octanol–water partition coefficient (Wildman–Crippen LogP) is -7.86. The Balaban J connectivity index is 0.00000352. The Morgan fingerprint density at radius 1 is 0.406 bits per heavy atom. The van der Waals surface area contributed by atoms with E-state index in [1.165, 1.54) is 48.5 Å². The minimum atomic E-state index is -5.21. The fraction of sp³-hybridized carbons (Fsp3) is 0. The van der Waals surface area contributed by atoms with E-state index in [2.05, 4.69) is 51.2 Å². The van der Waals surface area contributed by atoms with Crippen molar-refractivity contribution in [2.75, 3.05) is 21.3 Å². The van der Waals surface area contributed by atoms with Crippen LogP contribution in [0.2, 0.25) is 10.6 Å². The molecule has 0 unspecified atom stereocenters. The zero-order valence-corrected chi connectivity index (χ0v) is 46.0. The third-order valence-corrected chi connectivity index (χ3v) is 11.3. The Morgan fingerprint density at radius 3 is 0.984 bits per heavy atom. The van der Waals surface area contributed by atoms with Gasteiger partial charge in [-0.15, -0.1) is 0 Å². The third kappa shape index (κ3) is 16.4. The van der Waals surface area contributed by atoms with Crippen molar-refractivity contribution in [3.63, 3.8) is 0 Å². The van der Waals surface area contributed by atoms with Crippen molar-refractivity contribution in [2.45, 2.75) is 19.6 Å². The predicted molar refractivity (Wildman–Crippen MR) is 209 cm³/mol. The Morgan fingerprint density at radius 2 is 0.703 bits per heavy atom. The summed E-state index contributed by atoms with van der Waals surface area (Å²) in [6.45, 7) is 0. The topological polar surface area (TPSA) is 354 Å². The van der Waals surface area contributed by atoms with Crippen molar-refractivity contribution in [1.29, 1.82) is 0 Å². The van der Waals surface area contributed by atoms with Crippen LogP contribution in [0.4, 0.5) is 46.5 Å². The average Bonchev–Trinajstić information content (AvgIpc) is 3.13. The molecule has 2 heterocycles. The van der Waals surface area contributed by atoms with Crippen molar-refractivity contribution in [2.24, 2.45) is 0 Å². The number of anilines is 8. The van der Waals surface area contributed by atoms with Crippen LogP contribution in [0.25, 0.3) is 12.2 Å². The smallest absolute Gasteiger partial charge is 0.744 e. The van der Waals surface area contributed by atoms with Crippen molar-refractivity contribution in [3.05, 3.63) is 107 Å². The summed E-state index contributed by atoms with van der Waals surface area (Å²) < 4.78 is 143. The van der Waals surface area contributed by atoms with Crippen LogP contribution in [0.3, 0.4) is 0 Å². The van der Waals surface area contributed by atoms with Gasteiger partial charge >= 0.3 is 118 Å². The number of hydrogen-bond acceptors (Lipinski definition) is 22. The van der Waals surface area contributed by atoms with E-state index in [1.807, 2.05) is 0 Å². The zero-order valence-electron chi connectivity index (χ0n) is 33.2. The molecular formula is C32H20Cl2N10Na4O12S4. The molecule has 0 radical (unpaired) electrons. The summed E-state index contributed by atoms with van der Waals surface area (Å²) in [7, 11) is -20.0. The van der Waals surface area contributed by atoms with Crippen LogP contribution < -0.4 is 139 Å². The molecule has 0 atom stereocenters. The van der Waals surface area contributed by atoms with Crippen LogP contribution in [0.5, 0.6) is 0 Å². The second kappa shape index (κ2) is 23.9. The van der Waals surface area contributed by atoms with Gasteiger partial charge in [-0.3, -0.25) is 0 Å². The molecule has 22 nitrogen and oxygen atoms in total. The van der Waals surface area contributed by atoms with Gasteiger partial charge in [0.25, 0.3) is 0 Å². The maximum atomic E-state index is 12.4. The first kappa shape index (κ1) is 58.2. The fourth-order valence-electron chi connectivity index (χ4n) is 5.01. The molecule has 0 aliphatic heterocycles. The second-order valence-corrected chi connectivity index (χ2v) is 17.8. The molecule has 0 amide bonds. The van der Waals surface area contributed by atoms with Gasteiger partial charge < -0.3 is 39.5 Å². The molecule has 0 bridgehead atoms. The van der Waals surface area contributed by atoms with Gasteiger partial charge in [-0.25, -0.2) is 33.7 Å². The number of nitrogens with one attached hydrogen (secondary N) is 4. The summed E-state index contributed by atoms with van der Waals surface area (Å²) in [5.74, 6) is -0.981. The summed E-state index contributed by atoms with van der Waals surface area (Å²) in [4.78, 5) is 21.0. The summed E-state index contributed by atoms with van der Waals surface area (Å²) in [5, 5.41) is 9.87. The number of hydrogen-bond donors (Lipinski definition) is 4. The molecule has 32 heteroatoms. The van der Waals surface area contributed by atoms with E-state index in [-0.39, 0.29) is 186 Å².